The molecule has 3 nitrogen and oxygen atoms in total. The van der Waals surface area contributed by atoms with Crippen LogP contribution in [0.25, 0.3) is 0 Å². The third kappa shape index (κ3) is 3.87. The summed E-state index contributed by atoms with van der Waals surface area (Å²) in [5.41, 5.74) is 1.24. The summed E-state index contributed by atoms with van der Waals surface area (Å²) in [6, 6.07) is 12.6. The highest BCUT2D eigenvalue weighted by Crippen LogP contribution is 2.21. The number of nitrogens with one attached hydrogen (secondary N) is 1. The van der Waals surface area contributed by atoms with E-state index in [1.807, 2.05) is 24.3 Å². The number of benzene rings is 1. The molecule has 108 valence electrons. The van der Waals surface area contributed by atoms with Crippen LogP contribution in [-0.4, -0.2) is 6.61 Å². The predicted octanol–water partition coefficient (Wildman–Crippen LogP) is 4.48. The molecule has 0 saturated carbocycles. The van der Waals surface area contributed by atoms with Crippen LogP contribution in [0, 0.1) is 0 Å². The lowest BCUT2D eigenvalue weighted by molar-refractivity contribution is 0.317. The molecule has 0 saturated heterocycles. The molecule has 1 heterocycles. The molecule has 0 radical (unpaired) electrons. The quantitative estimate of drug-likeness (QED) is 0.807. The zero-order valence-corrected chi connectivity index (χ0v) is 12.4. The molecule has 1 aromatic carbocycles. The van der Waals surface area contributed by atoms with Crippen molar-refractivity contribution in [2.75, 3.05) is 6.61 Å². The molecule has 2 unspecified atom stereocenters. The summed E-state index contributed by atoms with van der Waals surface area (Å²) in [6.45, 7) is 7.13. The van der Waals surface area contributed by atoms with E-state index in [2.05, 4.69) is 38.2 Å². The first-order valence-corrected chi connectivity index (χ1v) is 7.23. The van der Waals surface area contributed by atoms with Gasteiger partial charge in [-0.3, -0.25) is 0 Å². The van der Waals surface area contributed by atoms with E-state index in [4.69, 9.17) is 9.15 Å². The van der Waals surface area contributed by atoms with Crippen molar-refractivity contribution in [3.05, 3.63) is 54.0 Å². The third-order valence-corrected chi connectivity index (χ3v) is 3.32. The smallest absolute Gasteiger partial charge is 0.120 e. The van der Waals surface area contributed by atoms with Gasteiger partial charge in [-0.1, -0.05) is 19.1 Å². The van der Waals surface area contributed by atoms with Gasteiger partial charge in [0.15, 0.2) is 0 Å². The van der Waals surface area contributed by atoms with Crippen molar-refractivity contribution in [1.29, 1.82) is 0 Å². The van der Waals surface area contributed by atoms with Gasteiger partial charge in [0.05, 0.1) is 18.9 Å². The maximum absolute atomic E-state index is 5.59. The van der Waals surface area contributed by atoms with Gasteiger partial charge in [-0.2, -0.15) is 0 Å². The van der Waals surface area contributed by atoms with Crippen LogP contribution < -0.4 is 10.1 Å². The van der Waals surface area contributed by atoms with Crippen molar-refractivity contribution in [2.24, 2.45) is 0 Å². The molecule has 0 aliphatic carbocycles. The molecule has 2 rings (SSSR count). The monoisotopic (exact) mass is 273 g/mol. The molecule has 0 bridgehead atoms. The third-order valence-electron chi connectivity index (χ3n) is 3.32. The largest absolute Gasteiger partial charge is 0.494 e. The maximum Gasteiger partial charge on any atom is 0.120 e. The molecule has 0 fully saturated rings. The lowest BCUT2D eigenvalue weighted by atomic mass is 10.1. The van der Waals surface area contributed by atoms with E-state index in [0.717, 1.165) is 24.5 Å². The Morgan fingerprint density at radius 3 is 2.45 bits per heavy atom. The van der Waals surface area contributed by atoms with Gasteiger partial charge in [0.2, 0.25) is 0 Å². The standard InChI is InChI=1S/C17H23NO2/c1-4-11-19-16-9-7-15(8-10-16)13(2)18-14(3)17-6-5-12-20-17/h5-10,12-14,18H,4,11H2,1-3H3. The Labute approximate surface area is 121 Å². The summed E-state index contributed by atoms with van der Waals surface area (Å²) in [5.74, 6) is 1.89. The zero-order chi connectivity index (χ0) is 14.4. The molecule has 0 aliphatic heterocycles. The van der Waals surface area contributed by atoms with E-state index in [1.54, 1.807) is 6.26 Å². The van der Waals surface area contributed by atoms with E-state index >= 15 is 0 Å². The van der Waals surface area contributed by atoms with E-state index in [0.29, 0.717) is 0 Å². The van der Waals surface area contributed by atoms with Gasteiger partial charge >= 0.3 is 0 Å². The number of rotatable bonds is 7. The zero-order valence-electron chi connectivity index (χ0n) is 12.4. The van der Waals surface area contributed by atoms with Crippen LogP contribution in [-0.2, 0) is 0 Å². The summed E-state index contributed by atoms with van der Waals surface area (Å²) in [4.78, 5) is 0. The fraction of sp³-hybridized carbons (Fsp3) is 0.412. The van der Waals surface area contributed by atoms with Crippen LogP contribution in [0.3, 0.4) is 0 Å². The average Bonchev–Trinajstić information content (AvgIpc) is 3.00. The van der Waals surface area contributed by atoms with Gasteiger partial charge in [-0.25, -0.2) is 0 Å². The van der Waals surface area contributed by atoms with Gasteiger partial charge in [-0.05, 0) is 50.1 Å². The van der Waals surface area contributed by atoms with Crippen molar-refractivity contribution < 1.29 is 9.15 Å². The van der Waals surface area contributed by atoms with E-state index in [1.165, 1.54) is 5.56 Å². The Morgan fingerprint density at radius 2 is 1.85 bits per heavy atom. The first kappa shape index (κ1) is 14.7. The highest BCUT2D eigenvalue weighted by Gasteiger charge is 2.12. The number of hydrogen-bond donors (Lipinski definition) is 1. The normalized spacial score (nSPS) is 13.9. The van der Waals surface area contributed by atoms with E-state index in [-0.39, 0.29) is 12.1 Å². The first-order chi connectivity index (χ1) is 9.70. The fourth-order valence-corrected chi connectivity index (χ4v) is 2.16. The first-order valence-electron chi connectivity index (χ1n) is 7.23. The van der Waals surface area contributed by atoms with Crippen LogP contribution >= 0.6 is 0 Å². The van der Waals surface area contributed by atoms with Crippen molar-refractivity contribution in [3.8, 4) is 5.75 Å². The minimum absolute atomic E-state index is 0.191. The second-order valence-corrected chi connectivity index (χ2v) is 5.04. The summed E-state index contributed by atoms with van der Waals surface area (Å²) >= 11 is 0. The van der Waals surface area contributed by atoms with Crippen molar-refractivity contribution in [3.63, 3.8) is 0 Å². The summed E-state index contributed by atoms with van der Waals surface area (Å²) in [6.07, 6.45) is 2.73. The Morgan fingerprint density at radius 1 is 1.10 bits per heavy atom. The Bertz CT molecular complexity index is 490. The van der Waals surface area contributed by atoms with Crippen LogP contribution in [0.4, 0.5) is 0 Å². The SMILES string of the molecule is CCCOc1ccc(C(C)NC(C)c2ccco2)cc1. The Balaban J connectivity index is 1.93. The molecule has 1 N–H and O–H groups in total. The number of hydrogen-bond acceptors (Lipinski definition) is 3. The van der Waals surface area contributed by atoms with Gasteiger partial charge in [-0.15, -0.1) is 0 Å². The van der Waals surface area contributed by atoms with Crippen molar-refractivity contribution >= 4 is 0 Å². The molecule has 2 aromatic rings. The summed E-state index contributed by atoms with van der Waals surface area (Å²) in [5, 5.41) is 3.53. The van der Waals surface area contributed by atoms with E-state index < -0.39 is 0 Å². The van der Waals surface area contributed by atoms with Gasteiger partial charge in [0.25, 0.3) is 0 Å². The van der Waals surface area contributed by atoms with Crippen LogP contribution in [0.1, 0.15) is 50.6 Å². The molecule has 2 atom stereocenters. The molecular weight excluding hydrogens is 250 g/mol. The molecule has 0 spiro atoms. The molecular formula is C17H23NO2. The minimum Gasteiger partial charge on any atom is -0.494 e. The second kappa shape index (κ2) is 7.15. The minimum atomic E-state index is 0.191. The van der Waals surface area contributed by atoms with Gasteiger partial charge in [0, 0.05) is 6.04 Å². The summed E-state index contributed by atoms with van der Waals surface area (Å²) < 4.78 is 11.0. The number of furan rings is 1. The predicted molar refractivity (Wildman–Crippen MR) is 80.9 cm³/mol. The van der Waals surface area contributed by atoms with Gasteiger partial charge in [0.1, 0.15) is 11.5 Å². The maximum atomic E-state index is 5.59. The van der Waals surface area contributed by atoms with E-state index in [9.17, 15) is 0 Å². The summed E-state index contributed by atoms with van der Waals surface area (Å²) in [7, 11) is 0. The topological polar surface area (TPSA) is 34.4 Å². The highest BCUT2D eigenvalue weighted by molar-refractivity contribution is 5.29. The number of ether oxygens (including phenoxy) is 1. The Kier molecular flexibility index (Phi) is 5.24. The Hall–Kier alpha value is -1.74. The lowest BCUT2D eigenvalue weighted by Crippen LogP contribution is -2.22. The van der Waals surface area contributed by atoms with Crippen LogP contribution in [0.5, 0.6) is 5.75 Å². The van der Waals surface area contributed by atoms with Gasteiger partial charge < -0.3 is 14.5 Å². The molecule has 20 heavy (non-hydrogen) atoms. The van der Waals surface area contributed by atoms with Crippen molar-refractivity contribution in [1.82, 2.24) is 5.32 Å². The second-order valence-electron chi connectivity index (χ2n) is 5.04. The molecule has 0 aliphatic rings. The lowest BCUT2D eigenvalue weighted by Gasteiger charge is -2.19. The van der Waals surface area contributed by atoms with Crippen LogP contribution in [0.2, 0.25) is 0 Å². The van der Waals surface area contributed by atoms with Crippen molar-refractivity contribution in [2.45, 2.75) is 39.3 Å². The fourth-order valence-electron chi connectivity index (χ4n) is 2.16. The average molecular weight is 273 g/mol. The molecule has 1 aromatic heterocycles. The van der Waals surface area contributed by atoms with Crippen LogP contribution in [0.15, 0.2) is 47.1 Å². The molecule has 3 heteroatoms. The molecule has 0 amide bonds. The highest BCUT2D eigenvalue weighted by atomic mass is 16.5.